The Balaban J connectivity index is 1.54. The molecule has 2 heterocycles. The maximum atomic E-state index is 14.5. The first kappa shape index (κ1) is 22.5. The number of benzene rings is 3. The van der Waals surface area contributed by atoms with E-state index in [1.807, 2.05) is 29.8 Å². The van der Waals surface area contributed by atoms with E-state index < -0.39 is 13.8 Å². The second-order valence-electron chi connectivity index (χ2n) is 7.68. The Bertz CT molecular complexity index is 1540. The first-order valence-electron chi connectivity index (χ1n) is 10.2. The Morgan fingerprint density at radius 3 is 2.65 bits per heavy atom. The van der Waals surface area contributed by atoms with Gasteiger partial charge in [-0.2, -0.15) is 0 Å². The van der Waals surface area contributed by atoms with Gasteiger partial charge in [0.15, 0.2) is 0 Å². The minimum absolute atomic E-state index is 0.0204. The number of rotatable bonds is 6. The summed E-state index contributed by atoms with van der Waals surface area (Å²) in [5.74, 6) is -0.332. The first-order chi connectivity index (χ1) is 16.4. The van der Waals surface area contributed by atoms with Crippen molar-refractivity contribution in [1.29, 1.82) is 0 Å². The second kappa shape index (κ2) is 9.18. The van der Waals surface area contributed by atoms with Gasteiger partial charge in [0.2, 0.25) is 5.30 Å². The fourth-order valence-electron chi connectivity index (χ4n) is 3.79. The minimum atomic E-state index is -1.99. The van der Waals surface area contributed by atoms with Crippen molar-refractivity contribution in [2.45, 2.75) is 13.5 Å². The van der Waals surface area contributed by atoms with Crippen molar-refractivity contribution >= 4 is 53.4 Å². The van der Waals surface area contributed by atoms with Crippen molar-refractivity contribution in [2.75, 3.05) is 5.09 Å². The van der Waals surface area contributed by atoms with Gasteiger partial charge >= 0.3 is 14.0 Å². The molecule has 0 radical (unpaired) electrons. The molecule has 0 saturated heterocycles. The Hall–Kier alpha value is -3.25. The van der Waals surface area contributed by atoms with Crippen LogP contribution >= 0.6 is 31.2 Å². The number of nitrogens with one attached hydrogen (secondary N) is 1. The Morgan fingerprint density at radius 1 is 1.09 bits per heavy atom. The Kier molecular flexibility index (Phi) is 6.09. The summed E-state index contributed by atoms with van der Waals surface area (Å²) in [7, 11) is -1.99. The van der Waals surface area contributed by atoms with E-state index in [0.717, 1.165) is 11.1 Å². The summed E-state index contributed by atoms with van der Waals surface area (Å²) >= 11 is 12.4. The van der Waals surface area contributed by atoms with Gasteiger partial charge in [-0.15, -0.1) is 10.2 Å². The maximum absolute atomic E-state index is 14.5. The van der Waals surface area contributed by atoms with Gasteiger partial charge in [0.05, 0.1) is 11.1 Å². The molecule has 1 unspecified atom stereocenters. The summed E-state index contributed by atoms with van der Waals surface area (Å²) < 4.78 is 34.8. The van der Waals surface area contributed by atoms with E-state index in [9.17, 15) is 8.96 Å². The molecular weight excluding hydrogens is 497 g/mol. The van der Waals surface area contributed by atoms with Gasteiger partial charge in [0, 0.05) is 28.2 Å². The molecule has 170 valence electrons. The Labute approximate surface area is 205 Å². The van der Waals surface area contributed by atoms with E-state index in [4.69, 9.17) is 27.6 Å². The topological polar surface area (TPSA) is 73.0 Å². The van der Waals surface area contributed by atoms with E-state index in [1.165, 1.54) is 12.1 Å². The highest BCUT2D eigenvalue weighted by molar-refractivity contribution is 7.55. The number of anilines is 1. The molecule has 0 bridgehead atoms. The van der Waals surface area contributed by atoms with E-state index in [-0.39, 0.29) is 11.9 Å². The molecule has 2 aromatic heterocycles. The van der Waals surface area contributed by atoms with Crippen LogP contribution in [0.4, 0.5) is 10.4 Å². The van der Waals surface area contributed by atoms with Gasteiger partial charge in [0.1, 0.15) is 5.82 Å². The summed E-state index contributed by atoms with van der Waals surface area (Å²) in [6, 6.07) is 17.0. The third-order valence-electron chi connectivity index (χ3n) is 5.34. The van der Waals surface area contributed by atoms with Crippen LogP contribution in [-0.4, -0.2) is 14.8 Å². The van der Waals surface area contributed by atoms with Gasteiger partial charge in [0.25, 0.3) is 5.89 Å². The lowest BCUT2D eigenvalue weighted by Gasteiger charge is -2.10. The first-order valence-corrected chi connectivity index (χ1v) is 12.3. The minimum Gasteiger partial charge on any atom is -0.401 e. The van der Waals surface area contributed by atoms with E-state index in [0.29, 0.717) is 38.4 Å². The van der Waals surface area contributed by atoms with Crippen LogP contribution in [0.1, 0.15) is 11.1 Å². The Morgan fingerprint density at radius 2 is 1.88 bits per heavy atom. The number of hydrogen-bond acceptors (Lipinski definition) is 4. The number of aryl methyl sites for hydroxylation is 1. The molecule has 0 aliphatic heterocycles. The van der Waals surface area contributed by atoms with Crippen molar-refractivity contribution in [2.24, 2.45) is 0 Å². The molecule has 3 aromatic carbocycles. The maximum Gasteiger partial charge on any atom is 0.503 e. The van der Waals surface area contributed by atoms with Crippen molar-refractivity contribution in [3.63, 3.8) is 0 Å². The molecule has 0 aliphatic rings. The van der Waals surface area contributed by atoms with Crippen LogP contribution < -0.4 is 10.4 Å². The van der Waals surface area contributed by atoms with Crippen molar-refractivity contribution in [3.05, 3.63) is 93.8 Å². The van der Waals surface area contributed by atoms with Crippen molar-refractivity contribution < 1.29 is 13.4 Å². The molecule has 0 fully saturated rings. The fourth-order valence-corrected chi connectivity index (χ4v) is 5.09. The zero-order valence-corrected chi connectivity index (χ0v) is 20.2. The molecule has 6 nitrogen and oxygen atoms in total. The average Bonchev–Trinajstić information content (AvgIpc) is 3.40. The van der Waals surface area contributed by atoms with E-state index >= 15 is 0 Å². The molecule has 1 N–H and O–H groups in total. The predicted molar refractivity (Wildman–Crippen MR) is 133 cm³/mol. The average molecular weight is 514 g/mol. The lowest BCUT2D eigenvalue weighted by Crippen LogP contribution is -2.00. The highest BCUT2D eigenvalue weighted by Gasteiger charge is 2.25. The molecule has 0 amide bonds. The summed E-state index contributed by atoms with van der Waals surface area (Å²) in [5.41, 5.74) is 2.87. The second-order valence-corrected chi connectivity index (χ2v) is 9.85. The van der Waals surface area contributed by atoms with Gasteiger partial charge in [-0.3, -0.25) is 0 Å². The van der Waals surface area contributed by atoms with Gasteiger partial charge < -0.3 is 8.98 Å². The van der Waals surface area contributed by atoms with E-state index in [1.54, 1.807) is 36.4 Å². The molecule has 0 saturated carbocycles. The number of fused-ring (bicyclic) bond motifs is 1. The van der Waals surface area contributed by atoms with Crippen LogP contribution in [0, 0.1) is 12.7 Å². The fraction of sp³-hybridized carbons (Fsp3) is 0.0833. The van der Waals surface area contributed by atoms with Crippen LogP contribution in [0.2, 0.25) is 10.0 Å². The van der Waals surface area contributed by atoms with Crippen molar-refractivity contribution in [3.8, 4) is 11.5 Å². The zero-order chi connectivity index (χ0) is 23.8. The molecular formula is C24H17Cl2FN4O2P+. The number of nitrogens with zero attached hydrogens (tertiary/aromatic N) is 3. The molecule has 0 aliphatic carbocycles. The summed E-state index contributed by atoms with van der Waals surface area (Å²) in [5, 5.41) is 13.1. The van der Waals surface area contributed by atoms with Gasteiger partial charge in [-0.1, -0.05) is 52.6 Å². The molecule has 10 heteroatoms. The third kappa shape index (κ3) is 4.42. The standard InChI is InChI=1S/C24H17Cl2FN4O2P/c1-14-12-31(13-15-7-8-16(25)9-21(15)26)22-19(14)10-17(27)11-20(22)23-28-29-24(33-23)30-34(32)18-5-3-2-4-6-18/h2-12H,13H2,1H3,(H,29,30,32)/q+1. The lowest BCUT2D eigenvalue weighted by molar-refractivity contribution is 0.578. The normalized spacial score (nSPS) is 11.7. The molecule has 34 heavy (non-hydrogen) atoms. The number of hydrogen-bond donors (Lipinski definition) is 1. The number of aromatic nitrogens is 3. The lowest BCUT2D eigenvalue weighted by atomic mass is 10.1. The SMILES string of the molecule is Cc1cn(Cc2ccc(Cl)cc2Cl)c2c(-c3nnc(N[P+](=O)c4ccccc4)o3)cc(F)cc12. The third-order valence-corrected chi connectivity index (χ3v) is 7.08. The van der Waals surface area contributed by atoms with Crippen molar-refractivity contribution in [1.82, 2.24) is 14.8 Å². The van der Waals surface area contributed by atoms with Gasteiger partial charge in [-0.25, -0.2) is 4.39 Å². The van der Waals surface area contributed by atoms with Crippen LogP contribution in [0.25, 0.3) is 22.4 Å². The zero-order valence-electron chi connectivity index (χ0n) is 17.8. The van der Waals surface area contributed by atoms with Crippen LogP contribution in [0.15, 0.2) is 71.3 Å². The highest BCUT2D eigenvalue weighted by atomic mass is 35.5. The smallest absolute Gasteiger partial charge is 0.401 e. The summed E-state index contributed by atoms with van der Waals surface area (Å²) in [6.07, 6.45) is 1.92. The molecule has 5 aromatic rings. The highest BCUT2D eigenvalue weighted by Crippen LogP contribution is 2.35. The van der Waals surface area contributed by atoms with Crippen LogP contribution in [0.3, 0.4) is 0 Å². The summed E-state index contributed by atoms with van der Waals surface area (Å²) in [6.45, 7) is 2.33. The largest absolute Gasteiger partial charge is 0.503 e. The van der Waals surface area contributed by atoms with Gasteiger partial charge in [-0.05, 0) is 59.0 Å². The van der Waals surface area contributed by atoms with Crippen LogP contribution in [-0.2, 0) is 11.1 Å². The van der Waals surface area contributed by atoms with E-state index in [2.05, 4.69) is 15.3 Å². The quantitative estimate of drug-likeness (QED) is 0.248. The predicted octanol–water partition coefficient (Wildman–Crippen LogP) is 6.97. The summed E-state index contributed by atoms with van der Waals surface area (Å²) in [4.78, 5) is 0. The molecule has 1 atom stereocenters. The molecule has 5 rings (SSSR count). The number of halogens is 3. The molecule has 0 spiro atoms. The van der Waals surface area contributed by atoms with Crippen LogP contribution in [0.5, 0.6) is 0 Å². The monoisotopic (exact) mass is 513 g/mol.